The van der Waals surface area contributed by atoms with Gasteiger partial charge in [0.05, 0.1) is 10.9 Å². The number of carbonyl (C=O) groups is 2. The fraction of sp³-hybridized carbons (Fsp3) is 0.286. The average molecular weight is 271 g/mol. The average Bonchev–Trinajstić information content (AvgIpc) is 2.41. The lowest BCUT2D eigenvalue weighted by Gasteiger charge is -2.24. The van der Waals surface area contributed by atoms with E-state index in [1.165, 1.54) is 4.57 Å². The van der Waals surface area contributed by atoms with Crippen LogP contribution in [0.15, 0.2) is 29.1 Å². The minimum Gasteiger partial charge on any atom is -0.295 e. The van der Waals surface area contributed by atoms with Crippen molar-refractivity contribution in [3.8, 4) is 0 Å². The van der Waals surface area contributed by atoms with Crippen LogP contribution in [0.3, 0.4) is 0 Å². The molecule has 1 saturated heterocycles. The first-order valence-electron chi connectivity index (χ1n) is 6.39. The zero-order chi connectivity index (χ0) is 14.3. The van der Waals surface area contributed by atoms with Crippen LogP contribution in [-0.2, 0) is 9.59 Å². The van der Waals surface area contributed by atoms with Crippen molar-refractivity contribution in [1.29, 1.82) is 0 Å². The second-order valence-electron chi connectivity index (χ2n) is 4.82. The Morgan fingerprint density at radius 1 is 1.25 bits per heavy atom. The minimum atomic E-state index is -0.669. The van der Waals surface area contributed by atoms with Crippen LogP contribution in [0.1, 0.15) is 24.7 Å². The Balaban J connectivity index is 2.19. The molecular weight excluding hydrogens is 258 g/mol. The molecule has 1 fully saturated rings. The van der Waals surface area contributed by atoms with Gasteiger partial charge in [-0.15, -0.1) is 0 Å². The maximum atomic E-state index is 12.5. The van der Waals surface area contributed by atoms with Crippen molar-refractivity contribution in [3.63, 3.8) is 0 Å². The van der Waals surface area contributed by atoms with Crippen LogP contribution >= 0.6 is 0 Å². The largest absolute Gasteiger partial charge is 0.295 e. The Morgan fingerprint density at radius 2 is 2.00 bits per heavy atom. The SMILES string of the molecule is Cc1nc2ccccc2c(=O)n1C1CCC(=O)NC1=O. The number of nitrogens with zero attached hydrogens (tertiary/aromatic N) is 2. The highest BCUT2D eigenvalue weighted by atomic mass is 16.2. The molecule has 2 heterocycles. The number of hydrogen-bond donors (Lipinski definition) is 1. The summed E-state index contributed by atoms with van der Waals surface area (Å²) < 4.78 is 1.38. The molecule has 20 heavy (non-hydrogen) atoms. The van der Waals surface area contributed by atoms with Crippen molar-refractivity contribution >= 4 is 22.7 Å². The summed E-state index contributed by atoms with van der Waals surface area (Å²) in [5.41, 5.74) is 0.362. The van der Waals surface area contributed by atoms with Crippen LogP contribution < -0.4 is 10.9 Å². The highest BCUT2D eigenvalue weighted by molar-refractivity contribution is 5.99. The lowest BCUT2D eigenvalue weighted by molar-refractivity contribution is -0.135. The summed E-state index contributed by atoms with van der Waals surface area (Å²) in [5.74, 6) is -0.266. The van der Waals surface area contributed by atoms with Gasteiger partial charge < -0.3 is 0 Å². The second kappa shape index (κ2) is 4.56. The van der Waals surface area contributed by atoms with E-state index in [1.54, 1.807) is 25.1 Å². The quantitative estimate of drug-likeness (QED) is 0.773. The second-order valence-corrected chi connectivity index (χ2v) is 4.82. The molecule has 1 aromatic heterocycles. The Hall–Kier alpha value is -2.50. The fourth-order valence-electron chi connectivity index (χ4n) is 2.55. The Labute approximate surface area is 114 Å². The standard InChI is InChI=1S/C14H13N3O3/c1-8-15-10-5-3-2-4-9(10)14(20)17(8)11-6-7-12(18)16-13(11)19/h2-5,11H,6-7H2,1H3,(H,16,18,19). The van der Waals surface area contributed by atoms with Crippen molar-refractivity contribution in [2.75, 3.05) is 0 Å². The zero-order valence-electron chi connectivity index (χ0n) is 10.9. The smallest absolute Gasteiger partial charge is 0.262 e. The van der Waals surface area contributed by atoms with Gasteiger partial charge in [0.1, 0.15) is 11.9 Å². The van der Waals surface area contributed by atoms with Crippen molar-refractivity contribution in [3.05, 3.63) is 40.4 Å². The lowest BCUT2D eigenvalue weighted by Crippen LogP contribution is -2.45. The predicted octanol–water partition coefficient (Wildman–Crippen LogP) is 0.683. The fourth-order valence-corrected chi connectivity index (χ4v) is 2.55. The number of imide groups is 1. The van der Waals surface area contributed by atoms with E-state index in [1.807, 2.05) is 6.07 Å². The summed E-state index contributed by atoms with van der Waals surface area (Å²) in [6, 6.07) is 6.35. The molecule has 0 bridgehead atoms. The van der Waals surface area contributed by atoms with Crippen LogP contribution in [-0.4, -0.2) is 21.4 Å². The number of piperidine rings is 1. The number of carbonyl (C=O) groups excluding carboxylic acids is 2. The number of amides is 2. The summed E-state index contributed by atoms with van der Waals surface area (Å²) in [5, 5.41) is 2.74. The van der Waals surface area contributed by atoms with Gasteiger partial charge in [-0.05, 0) is 25.5 Å². The summed E-state index contributed by atoms with van der Waals surface area (Å²) in [4.78, 5) is 40.0. The zero-order valence-corrected chi connectivity index (χ0v) is 10.9. The van der Waals surface area contributed by atoms with E-state index in [4.69, 9.17) is 0 Å². The predicted molar refractivity (Wildman–Crippen MR) is 72.2 cm³/mol. The van der Waals surface area contributed by atoms with Crippen molar-refractivity contribution < 1.29 is 9.59 Å². The van der Waals surface area contributed by atoms with E-state index >= 15 is 0 Å². The van der Waals surface area contributed by atoms with E-state index < -0.39 is 11.9 Å². The van der Waals surface area contributed by atoms with Crippen LogP contribution in [0.4, 0.5) is 0 Å². The summed E-state index contributed by atoms with van der Waals surface area (Å²) in [7, 11) is 0. The van der Waals surface area contributed by atoms with Gasteiger partial charge in [-0.25, -0.2) is 4.98 Å². The Morgan fingerprint density at radius 3 is 2.75 bits per heavy atom. The topological polar surface area (TPSA) is 81.1 Å². The number of benzene rings is 1. The molecule has 1 aliphatic rings. The number of fused-ring (bicyclic) bond motifs is 1. The van der Waals surface area contributed by atoms with Crippen LogP contribution in [0.25, 0.3) is 10.9 Å². The molecule has 2 amide bonds. The molecule has 0 saturated carbocycles. The van der Waals surface area contributed by atoms with Gasteiger partial charge in [0, 0.05) is 6.42 Å². The van der Waals surface area contributed by atoms with E-state index in [2.05, 4.69) is 10.3 Å². The molecule has 3 rings (SSSR count). The van der Waals surface area contributed by atoms with Crippen molar-refractivity contribution in [2.45, 2.75) is 25.8 Å². The summed E-state index contributed by atoms with van der Waals surface area (Å²) in [6.07, 6.45) is 0.556. The van der Waals surface area contributed by atoms with Gasteiger partial charge in [-0.2, -0.15) is 0 Å². The molecule has 0 spiro atoms. The molecule has 1 unspecified atom stereocenters. The number of aromatic nitrogens is 2. The van der Waals surface area contributed by atoms with Crippen LogP contribution in [0, 0.1) is 6.92 Å². The number of rotatable bonds is 1. The molecule has 1 aliphatic heterocycles. The first kappa shape index (κ1) is 12.5. The summed E-state index contributed by atoms with van der Waals surface area (Å²) in [6.45, 7) is 1.69. The van der Waals surface area contributed by atoms with Gasteiger partial charge >= 0.3 is 0 Å². The third-order valence-corrected chi connectivity index (χ3v) is 3.51. The van der Waals surface area contributed by atoms with Crippen LogP contribution in [0.2, 0.25) is 0 Å². The van der Waals surface area contributed by atoms with Crippen molar-refractivity contribution in [2.24, 2.45) is 0 Å². The first-order chi connectivity index (χ1) is 9.58. The number of hydrogen-bond acceptors (Lipinski definition) is 4. The minimum absolute atomic E-state index is 0.231. The highest BCUT2D eigenvalue weighted by Crippen LogP contribution is 2.19. The van der Waals surface area contributed by atoms with Gasteiger partial charge in [-0.1, -0.05) is 12.1 Å². The maximum absolute atomic E-state index is 12.5. The molecule has 0 aliphatic carbocycles. The maximum Gasteiger partial charge on any atom is 0.262 e. The number of nitrogens with one attached hydrogen (secondary N) is 1. The summed E-state index contributed by atoms with van der Waals surface area (Å²) >= 11 is 0. The van der Waals surface area contributed by atoms with Crippen molar-refractivity contribution in [1.82, 2.24) is 14.9 Å². The van der Waals surface area contributed by atoms with Gasteiger partial charge in [0.2, 0.25) is 11.8 Å². The molecule has 6 nitrogen and oxygen atoms in total. The third kappa shape index (κ3) is 1.89. The molecule has 1 atom stereocenters. The molecule has 2 aromatic rings. The van der Waals surface area contributed by atoms with Gasteiger partial charge in [0.25, 0.3) is 5.56 Å². The molecule has 1 N–H and O–H groups in total. The number of para-hydroxylation sites is 1. The molecule has 6 heteroatoms. The molecule has 102 valence electrons. The van der Waals surface area contributed by atoms with Gasteiger partial charge in [-0.3, -0.25) is 24.3 Å². The normalized spacial score (nSPS) is 19.1. The van der Waals surface area contributed by atoms with E-state index in [0.717, 1.165) is 0 Å². The van der Waals surface area contributed by atoms with E-state index in [-0.39, 0.29) is 17.9 Å². The first-order valence-corrected chi connectivity index (χ1v) is 6.39. The van der Waals surface area contributed by atoms with E-state index in [9.17, 15) is 14.4 Å². The third-order valence-electron chi connectivity index (χ3n) is 3.51. The van der Waals surface area contributed by atoms with Crippen LogP contribution in [0.5, 0.6) is 0 Å². The monoisotopic (exact) mass is 271 g/mol. The van der Waals surface area contributed by atoms with Gasteiger partial charge in [0.15, 0.2) is 0 Å². The highest BCUT2D eigenvalue weighted by Gasteiger charge is 2.30. The number of aryl methyl sites for hydroxylation is 1. The Bertz CT molecular complexity index is 779. The molecule has 1 aromatic carbocycles. The lowest BCUT2D eigenvalue weighted by atomic mass is 10.1. The van der Waals surface area contributed by atoms with E-state index in [0.29, 0.717) is 23.1 Å². The molecule has 0 radical (unpaired) electrons. The Kier molecular flexibility index (Phi) is 2.85. The molecular formula is C14H13N3O3.